The first-order chi connectivity index (χ1) is 17.3. The van der Waals surface area contributed by atoms with Gasteiger partial charge >= 0.3 is 5.97 Å². The van der Waals surface area contributed by atoms with Gasteiger partial charge in [-0.2, -0.15) is 0 Å². The summed E-state index contributed by atoms with van der Waals surface area (Å²) in [6.07, 6.45) is 3.31. The molecule has 0 atom stereocenters. The number of benzene rings is 2. The number of hydrogen-bond acceptors (Lipinski definition) is 7. The van der Waals surface area contributed by atoms with Crippen molar-refractivity contribution in [3.05, 3.63) is 83.7 Å². The molecular weight excluding hydrogens is 458 g/mol. The lowest BCUT2D eigenvalue weighted by atomic mass is 10.0. The Morgan fingerprint density at radius 1 is 1.00 bits per heavy atom. The van der Waals surface area contributed by atoms with Crippen LogP contribution in [0.3, 0.4) is 0 Å². The van der Waals surface area contributed by atoms with Gasteiger partial charge in [0.05, 0.1) is 36.2 Å². The molecule has 0 fully saturated rings. The molecule has 0 spiro atoms. The van der Waals surface area contributed by atoms with Crippen LogP contribution >= 0.6 is 0 Å². The van der Waals surface area contributed by atoms with Gasteiger partial charge in [0, 0.05) is 41.6 Å². The monoisotopic (exact) mass is 485 g/mol. The standard InChI is InChI=1S/C27H27N5O4/c1-31(2)16-23(33)32(3)20-8-6-19(7-9-20)29-25(17-11-13-28-14-12-17)24-21-10-5-18(27(35)36-4)15-22(21)30-26(24)34/h5-15,30,34H,16H2,1-4H3. The van der Waals surface area contributed by atoms with Crippen molar-refractivity contribution in [3.63, 3.8) is 0 Å². The van der Waals surface area contributed by atoms with Gasteiger partial charge in [-0.15, -0.1) is 0 Å². The van der Waals surface area contributed by atoms with Crippen LogP contribution in [-0.4, -0.2) is 72.4 Å². The topological polar surface area (TPSA) is 111 Å². The molecule has 2 N–H and O–H groups in total. The maximum absolute atomic E-state index is 12.4. The number of aliphatic imine (C=N–C) groups is 1. The molecule has 184 valence electrons. The number of esters is 1. The molecule has 0 saturated heterocycles. The van der Waals surface area contributed by atoms with E-state index in [-0.39, 0.29) is 11.8 Å². The summed E-state index contributed by atoms with van der Waals surface area (Å²) in [6.45, 7) is 0.306. The summed E-state index contributed by atoms with van der Waals surface area (Å²) in [7, 11) is 6.75. The predicted molar refractivity (Wildman–Crippen MR) is 139 cm³/mol. The second kappa shape index (κ2) is 10.4. The van der Waals surface area contributed by atoms with Crippen LogP contribution in [0.1, 0.15) is 21.5 Å². The summed E-state index contributed by atoms with van der Waals surface area (Å²) >= 11 is 0. The van der Waals surface area contributed by atoms with Crippen LogP contribution < -0.4 is 4.90 Å². The summed E-state index contributed by atoms with van der Waals surface area (Å²) in [5.74, 6) is -0.568. The summed E-state index contributed by atoms with van der Waals surface area (Å²) in [5, 5.41) is 11.6. The van der Waals surface area contributed by atoms with E-state index >= 15 is 0 Å². The number of nitrogens with one attached hydrogen (secondary N) is 1. The second-order valence-electron chi connectivity index (χ2n) is 8.50. The van der Waals surface area contributed by atoms with Gasteiger partial charge in [-0.25, -0.2) is 9.79 Å². The van der Waals surface area contributed by atoms with E-state index in [9.17, 15) is 14.7 Å². The van der Waals surface area contributed by atoms with Gasteiger partial charge < -0.3 is 24.6 Å². The molecule has 2 heterocycles. The van der Waals surface area contributed by atoms with Crippen LogP contribution in [0, 0.1) is 0 Å². The van der Waals surface area contributed by atoms with Gasteiger partial charge in [0.25, 0.3) is 0 Å². The Kier molecular flexibility index (Phi) is 7.12. The Morgan fingerprint density at radius 3 is 2.33 bits per heavy atom. The molecule has 0 radical (unpaired) electrons. The van der Waals surface area contributed by atoms with Crippen molar-refractivity contribution in [1.82, 2.24) is 14.9 Å². The van der Waals surface area contributed by atoms with Gasteiger partial charge in [-0.3, -0.25) is 9.78 Å². The maximum atomic E-state index is 12.4. The molecule has 2 aromatic carbocycles. The van der Waals surface area contributed by atoms with E-state index in [0.717, 1.165) is 11.3 Å². The summed E-state index contributed by atoms with van der Waals surface area (Å²) in [5.41, 5.74) is 4.09. The Balaban J connectivity index is 1.77. The van der Waals surface area contributed by atoms with Gasteiger partial charge in [-0.05, 0) is 62.6 Å². The van der Waals surface area contributed by atoms with Gasteiger partial charge in [0.1, 0.15) is 0 Å². The Labute approximate surface area is 208 Å². The molecule has 4 rings (SSSR count). The minimum Gasteiger partial charge on any atom is -0.494 e. The summed E-state index contributed by atoms with van der Waals surface area (Å²) in [4.78, 5) is 39.7. The lowest BCUT2D eigenvalue weighted by Crippen LogP contribution is -2.34. The van der Waals surface area contributed by atoms with Crippen molar-refractivity contribution < 1.29 is 19.4 Å². The van der Waals surface area contributed by atoms with Crippen LogP contribution in [0.15, 0.2) is 72.0 Å². The van der Waals surface area contributed by atoms with Crippen molar-refractivity contribution in [2.45, 2.75) is 0 Å². The van der Waals surface area contributed by atoms with Crippen LogP contribution in [0.2, 0.25) is 0 Å². The molecule has 2 aromatic heterocycles. The number of aromatic hydroxyl groups is 1. The zero-order valence-electron chi connectivity index (χ0n) is 20.5. The third-order valence-corrected chi connectivity index (χ3v) is 5.69. The molecule has 36 heavy (non-hydrogen) atoms. The van der Waals surface area contributed by atoms with Crippen molar-refractivity contribution in [3.8, 4) is 5.88 Å². The SMILES string of the molecule is COC(=O)c1ccc2c(C(=Nc3ccc(N(C)C(=O)CN(C)C)cc3)c3ccncc3)c(O)[nH]c2c1. The van der Waals surface area contributed by atoms with E-state index in [1.54, 1.807) is 42.5 Å². The highest BCUT2D eigenvalue weighted by Gasteiger charge is 2.20. The minimum atomic E-state index is -0.468. The first-order valence-corrected chi connectivity index (χ1v) is 11.2. The highest BCUT2D eigenvalue weighted by atomic mass is 16.5. The van der Waals surface area contributed by atoms with Crippen molar-refractivity contribution in [2.75, 3.05) is 39.7 Å². The van der Waals surface area contributed by atoms with Crippen LogP contribution in [-0.2, 0) is 9.53 Å². The molecule has 0 unspecified atom stereocenters. The number of likely N-dealkylation sites (N-methyl/N-ethyl adjacent to an activating group) is 2. The number of amides is 1. The molecular formula is C27H27N5O4. The summed E-state index contributed by atoms with van der Waals surface area (Å²) in [6, 6.07) is 15.9. The number of nitrogens with zero attached hydrogens (tertiary/aromatic N) is 4. The summed E-state index contributed by atoms with van der Waals surface area (Å²) < 4.78 is 4.81. The largest absolute Gasteiger partial charge is 0.494 e. The highest BCUT2D eigenvalue weighted by molar-refractivity contribution is 6.22. The predicted octanol–water partition coefficient (Wildman–Crippen LogP) is 3.75. The molecule has 0 saturated carbocycles. The zero-order chi connectivity index (χ0) is 25.8. The number of fused-ring (bicyclic) bond motifs is 1. The van der Waals surface area contributed by atoms with Gasteiger partial charge in [-0.1, -0.05) is 6.07 Å². The maximum Gasteiger partial charge on any atom is 0.337 e. The number of aromatic amines is 1. The zero-order valence-corrected chi connectivity index (χ0v) is 20.5. The Hall–Kier alpha value is -4.50. The van der Waals surface area contributed by atoms with E-state index in [4.69, 9.17) is 9.73 Å². The fraction of sp³-hybridized carbons (Fsp3) is 0.185. The Bertz CT molecular complexity index is 1430. The lowest BCUT2D eigenvalue weighted by Gasteiger charge is -2.19. The molecule has 0 bridgehead atoms. The van der Waals surface area contributed by atoms with E-state index in [2.05, 4.69) is 9.97 Å². The molecule has 0 aliphatic carbocycles. The number of H-pyrrole nitrogens is 1. The number of pyridine rings is 1. The van der Waals surface area contributed by atoms with Crippen LogP contribution in [0.4, 0.5) is 11.4 Å². The van der Waals surface area contributed by atoms with Gasteiger partial charge in [0.2, 0.25) is 5.91 Å². The van der Waals surface area contributed by atoms with E-state index < -0.39 is 5.97 Å². The molecule has 9 heteroatoms. The molecule has 4 aromatic rings. The molecule has 0 aliphatic rings. The normalized spacial score (nSPS) is 11.6. The fourth-order valence-corrected chi connectivity index (χ4v) is 3.84. The second-order valence-corrected chi connectivity index (χ2v) is 8.50. The van der Waals surface area contributed by atoms with Crippen molar-refractivity contribution in [2.24, 2.45) is 4.99 Å². The number of carbonyl (C=O) groups excluding carboxylic acids is 2. The number of anilines is 1. The third-order valence-electron chi connectivity index (χ3n) is 5.69. The number of ether oxygens (including phenoxy) is 1. The van der Waals surface area contributed by atoms with Gasteiger partial charge in [0.15, 0.2) is 5.88 Å². The number of aromatic nitrogens is 2. The van der Waals surface area contributed by atoms with E-state index in [0.29, 0.717) is 40.0 Å². The number of hydrogen-bond donors (Lipinski definition) is 2. The van der Waals surface area contributed by atoms with Crippen molar-refractivity contribution in [1.29, 1.82) is 0 Å². The number of carbonyl (C=O) groups is 2. The quantitative estimate of drug-likeness (QED) is 0.305. The minimum absolute atomic E-state index is 0.0243. The fourth-order valence-electron chi connectivity index (χ4n) is 3.84. The third kappa shape index (κ3) is 5.11. The van der Waals surface area contributed by atoms with Crippen LogP contribution in [0.25, 0.3) is 10.9 Å². The number of methoxy groups -OCH3 is 1. The lowest BCUT2D eigenvalue weighted by molar-refractivity contribution is -0.118. The average molecular weight is 486 g/mol. The van der Waals surface area contributed by atoms with Crippen LogP contribution in [0.5, 0.6) is 5.88 Å². The van der Waals surface area contributed by atoms with Crippen molar-refractivity contribution >= 4 is 39.9 Å². The highest BCUT2D eigenvalue weighted by Crippen LogP contribution is 2.32. The molecule has 9 nitrogen and oxygen atoms in total. The molecule has 1 amide bonds. The van der Waals surface area contributed by atoms with E-state index in [1.807, 2.05) is 55.4 Å². The average Bonchev–Trinajstić information content (AvgIpc) is 3.21. The first-order valence-electron chi connectivity index (χ1n) is 11.2. The molecule has 0 aliphatic heterocycles. The Morgan fingerprint density at radius 2 is 1.69 bits per heavy atom. The smallest absolute Gasteiger partial charge is 0.337 e. The van der Waals surface area contributed by atoms with E-state index in [1.165, 1.54) is 7.11 Å². The first kappa shape index (κ1) is 24.6. The number of rotatable bonds is 7.